The third-order valence-corrected chi connectivity index (χ3v) is 2.13. The molecule has 13 heavy (non-hydrogen) atoms. The second-order valence-corrected chi connectivity index (χ2v) is 3.30. The molecule has 0 spiro atoms. The fourth-order valence-electron chi connectivity index (χ4n) is 1.17. The number of hydrogen-bond donors (Lipinski definition) is 2. The van der Waals surface area contributed by atoms with Crippen molar-refractivity contribution in [1.82, 2.24) is 0 Å². The van der Waals surface area contributed by atoms with E-state index >= 15 is 0 Å². The molecule has 0 aliphatic carbocycles. The minimum atomic E-state index is -0.117. The molecule has 2 atom stereocenters. The summed E-state index contributed by atoms with van der Waals surface area (Å²) in [5.74, 6) is 0. The van der Waals surface area contributed by atoms with Crippen LogP contribution >= 0.6 is 0 Å². The van der Waals surface area contributed by atoms with E-state index in [1.54, 1.807) is 0 Å². The van der Waals surface area contributed by atoms with Gasteiger partial charge in [-0.1, -0.05) is 26.6 Å². The summed E-state index contributed by atoms with van der Waals surface area (Å²) in [5.41, 5.74) is 0. The minimum Gasteiger partial charge on any atom is -0.394 e. The summed E-state index contributed by atoms with van der Waals surface area (Å²) in [6.45, 7) is 4.17. The molecule has 0 rings (SSSR count). The van der Waals surface area contributed by atoms with Crippen molar-refractivity contribution in [3.05, 3.63) is 0 Å². The van der Waals surface area contributed by atoms with Crippen LogP contribution in [0.5, 0.6) is 0 Å². The average Bonchev–Trinajstić information content (AvgIpc) is 2.19. The normalized spacial score (nSPS) is 15.4. The largest absolute Gasteiger partial charge is 0.394 e. The summed E-state index contributed by atoms with van der Waals surface area (Å²) in [6, 6.07) is -0.1000. The van der Waals surface area contributed by atoms with Crippen molar-refractivity contribution in [3.8, 4) is 0 Å². The van der Waals surface area contributed by atoms with Crippen LogP contribution in [0.3, 0.4) is 0 Å². The molecule has 0 unspecified atom stereocenters. The van der Waals surface area contributed by atoms with E-state index in [0.717, 1.165) is 26.4 Å². The van der Waals surface area contributed by atoms with Crippen molar-refractivity contribution in [2.24, 2.45) is 0 Å². The molecule has 78 valence electrons. The van der Waals surface area contributed by atoms with E-state index in [1.165, 1.54) is 0 Å². The van der Waals surface area contributed by atoms with Crippen LogP contribution in [0.1, 0.15) is 26.7 Å². The average molecular weight is 188 g/mol. The first kappa shape index (κ1) is 12.9. The SMILES string of the molecule is CCCB[C@@H](CO)O[C@H](CC)CO. The summed E-state index contributed by atoms with van der Waals surface area (Å²) in [6.07, 6.45) is 2.84. The highest BCUT2D eigenvalue weighted by Crippen LogP contribution is 2.03. The molecule has 0 amide bonds. The molecule has 0 aromatic heterocycles. The van der Waals surface area contributed by atoms with Crippen molar-refractivity contribution < 1.29 is 14.9 Å². The van der Waals surface area contributed by atoms with Crippen molar-refractivity contribution >= 4 is 7.28 Å². The monoisotopic (exact) mass is 188 g/mol. The Balaban J connectivity index is 3.67. The van der Waals surface area contributed by atoms with Gasteiger partial charge in [-0.2, -0.15) is 0 Å². The van der Waals surface area contributed by atoms with Crippen LogP contribution in [-0.4, -0.2) is 42.8 Å². The zero-order valence-electron chi connectivity index (χ0n) is 8.70. The molecule has 4 heteroatoms. The van der Waals surface area contributed by atoms with Crippen LogP contribution in [0, 0.1) is 0 Å². The van der Waals surface area contributed by atoms with Crippen molar-refractivity contribution in [2.75, 3.05) is 13.2 Å². The van der Waals surface area contributed by atoms with Gasteiger partial charge in [0.2, 0.25) is 0 Å². The maximum absolute atomic E-state index is 8.99. The maximum Gasteiger partial charge on any atom is 0.160 e. The van der Waals surface area contributed by atoms with E-state index in [4.69, 9.17) is 14.9 Å². The maximum atomic E-state index is 8.99. The summed E-state index contributed by atoms with van der Waals surface area (Å²) >= 11 is 0. The van der Waals surface area contributed by atoms with Gasteiger partial charge in [-0.3, -0.25) is 0 Å². The molecule has 0 radical (unpaired) electrons. The lowest BCUT2D eigenvalue weighted by molar-refractivity contribution is -0.0269. The molecule has 0 bridgehead atoms. The molecular formula is C9H21BO3. The number of ether oxygens (including phenoxy) is 1. The first-order valence-corrected chi connectivity index (χ1v) is 5.15. The topological polar surface area (TPSA) is 49.7 Å². The Morgan fingerprint density at radius 2 is 1.92 bits per heavy atom. The van der Waals surface area contributed by atoms with Crippen molar-refractivity contribution in [1.29, 1.82) is 0 Å². The van der Waals surface area contributed by atoms with E-state index in [2.05, 4.69) is 6.92 Å². The summed E-state index contributed by atoms with van der Waals surface area (Å²) in [4.78, 5) is 0. The molecule has 2 N–H and O–H groups in total. The number of hydrogen-bond acceptors (Lipinski definition) is 3. The van der Waals surface area contributed by atoms with Crippen LogP contribution in [0.15, 0.2) is 0 Å². The Bertz CT molecular complexity index is 107. The molecule has 0 saturated carbocycles. The third kappa shape index (κ3) is 6.08. The number of rotatable bonds is 8. The smallest absolute Gasteiger partial charge is 0.160 e. The van der Waals surface area contributed by atoms with E-state index in [-0.39, 0.29) is 25.3 Å². The van der Waals surface area contributed by atoms with Crippen LogP contribution in [0.25, 0.3) is 0 Å². The van der Waals surface area contributed by atoms with Gasteiger partial charge in [0.1, 0.15) is 0 Å². The molecule has 0 aliphatic heterocycles. The minimum absolute atomic E-state index is 0.0408. The van der Waals surface area contributed by atoms with Gasteiger partial charge in [0.05, 0.1) is 25.3 Å². The van der Waals surface area contributed by atoms with Gasteiger partial charge in [0.25, 0.3) is 0 Å². The first-order valence-electron chi connectivity index (χ1n) is 5.15. The van der Waals surface area contributed by atoms with Gasteiger partial charge < -0.3 is 14.9 Å². The van der Waals surface area contributed by atoms with E-state index < -0.39 is 0 Å². The molecule has 0 aromatic carbocycles. The second-order valence-electron chi connectivity index (χ2n) is 3.30. The lowest BCUT2D eigenvalue weighted by Gasteiger charge is -2.20. The number of aliphatic hydroxyl groups excluding tert-OH is 2. The Labute approximate surface area is 81.3 Å². The Morgan fingerprint density at radius 1 is 1.23 bits per heavy atom. The summed E-state index contributed by atoms with van der Waals surface area (Å²) < 4.78 is 5.50. The highest BCUT2D eigenvalue weighted by atomic mass is 16.5. The van der Waals surface area contributed by atoms with Crippen LogP contribution in [0.4, 0.5) is 0 Å². The van der Waals surface area contributed by atoms with Gasteiger partial charge in [0.15, 0.2) is 7.28 Å². The first-order chi connectivity index (χ1) is 6.28. The zero-order valence-corrected chi connectivity index (χ0v) is 8.70. The standard InChI is InChI=1S/C9H21BO3/c1-3-5-10-9(7-12)13-8(4-2)6-11/h8-12H,3-7H2,1-2H3/t8-,9-/m1/s1. The van der Waals surface area contributed by atoms with E-state index in [9.17, 15) is 0 Å². The highest BCUT2D eigenvalue weighted by molar-refractivity contribution is 6.37. The van der Waals surface area contributed by atoms with E-state index in [0.29, 0.717) is 0 Å². The third-order valence-electron chi connectivity index (χ3n) is 2.13. The predicted molar refractivity (Wildman–Crippen MR) is 55.4 cm³/mol. The van der Waals surface area contributed by atoms with Gasteiger partial charge >= 0.3 is 0 Å². The molecule has 0 aromatic rings. The summed E-state index contributed by atoms with van der Waals surface area (Å²) in [7, 11) is 0.878. The predicted octanol–water partition coefficient (Wildman–Crippen LogP) is 0.357. The van der Waals surface area contributed by atoms with Crippen LogP contribution in [-0.2, 0) is 4.74 Å². The summed E-state index contributed by atoms with van der Waals surface area (Å²) in [5, 5.41) is 17.9. The lowest BCUT2D eigenvalue weighted by atomic mass is 9.67. The fraction of sp³-hybridized carbons (Fsp3) is 1.00. The van der Waals surface area contributed by atoms with Gasteiger partial charge in [0, 0.05) is 0 Å². The highest BCUT2D eigenvalue weighted by Gasteiger charge is 2.14. The second kappa shape index (κ2) is 8.54. The van der Waals surface area contributed by atoms with Gasteiger partial charge in [-0.15, -0.1) is 0 Å². The molecular weight excluding hydrogens is 167 g/mol. The molecule has 0 saturated heterocycles. The van der Waals surface area contributed by atoms with Crippen LogP contribution < -0.4 is 0 Å². The zero-order chi connectivity index (χ0) is 10.1. The quantitative estimate of drug-likeness (QED) is 0.540. The van der Waals surface area contributed by atoms with Crippen molar-refractivity contribution in [3.63, 3.8) is 0 Å². The Morgan fingerprint density at radius 3 is 2.31 bits per heavy atom. The molecule has 0 heterocycles. The van der Waals surface area contributed by atoms with Crippen LogP contribution in [0.2, 0.25) is 6.32 Å². The van der Waals surface area contributed by atoms with E-state index in [1.807, 2.05) is 6.92 Å². The fourth-order valence-corrected chi connectivity index (χ4v) is 1.17. The molecule has 0 fully saturated rings. The van der Waals surface area contributed by atoms with Gasteiger partial charge in [-0.25, -0.2) is 0 Å². The van der Waals surface area contributed by atoms with Gasteiger partial charge in [-0.05, 0) is 6.42 Å². The Kier molecular flexibility index (Phi) is 8.50. The molecule has 3 nitrogen and oxygen atoms in total. The lowest BCUT2D eigenvalue weighted by Crippen LogP contribution is -2.31. The van der Waals surface area contributed by atoms with Crippen molar-refractivity contribution in [2.45, 2.75) is 45.1 Å². The Hall–Kier alpha value is -0.0551. The molecule has 0 aliphatic rings. The number of aliphatic hydroxyl groups is 2.